The van der Waals surface area contributed by atoms with Crippen molar-refractivity contribution in [3.05, 3.63) is 53.6 Å². The molecule has 0 radical (unpaired) electrons. The van der Waals surface area contributed by atoms with Crippen LogP contribution in [0.4, 0.5) is 4.39 Å². The van der Waals surface area contributed by atoms with E-state index in [-0.39, 0.29) is 11.9 Å². The van der Waals surface area contributed by atoms with Gasteiger partial charge in [-0.15, -0.1) is 0 Å². The van der Waals surface area contributed by atoms with Crippen LogP contribution in [0, 0.1) is 5.82 Å². The second kappa shape index (κ2) is 6.34. The molecule has 106 valence electrons. The van der Waals surface area contributed by atoms with Crippen LogP contribution < -0.4 is 14.8 Å². The molecule has 1 heterocycles. The summed E-state index contributed by atoms with van der Waals surface area (Å²) in [6, 6.07) is 8.43. The number of nitrogens with zero attached hydrogens (tertiary/aromatic N) is 1. The number of hydrogen-bond acceptors (Lipinski definition) is 4. The summed E-state index contributed by atoms with van der Waals surface area (Å²) in [4.78, 5) is 4.12. The van der Waals surface area contributed by atoms with Gasteiger partial charge < -0.3 is 14.8 Å². The molecule has 0 saturated heterocycles. The van der Waals surface area contributed by atoms with Crippen LogP contribution in [0.3, 0.4) is 0 Å². The largest absolute Gasteiger partial charge is 0.497 e. The standard InChI is InChI=1S/C15H17FN2O2/c1-17-15(13-7-4-10(16)9-18-13)12-6-5-11(19-2)8-14(12)20-3/h4-9,15,17H,1-3H3. The smallest absolute Gasteiger partial charge is 0.141 e. The van der Waals surface area contributed by atoms with E-state index in [2.05, 4.69) is 10.3 Å². The van der Waals surface area contributed by atoms with Crippen molar-refractivity contribution in [3.8, 4) is 11.5 Å². The van der Waals surface area contributed by atoms with Gasteiger partial charge >= 0.3 is 0 Å². The van der Waals surface area contributed by atoms with Gasteiger partial charge in [0.1, 0.15) is 17.3 Å². The molecule has 0 amide bonds. The Morgan fingerprint density at radius 3 is 2.50 bits per heavy atom. The third-order valence-corrected chi connectivity index (χ3v) is 3.09. The highest BCUT2D eigenvalue weighted by atomic mass is 19.1. The van der Waals surface area contributed by atoms with Gasteiger partial charge in [-0.05, 0) is 31.3 Å². The molecule has 1 aromatic heterocycles. The number of benzene rings is 1. The van der Waals surface area contributed by atoms with Gasteiger partial charge in [-0.3, -0.25) is 4.98 Å². The van der Waals surface area contributed by atoms with Gasteiger partial charge in [0.2, 0.25) is 0 Å². The van der Waals surface area contributed by atoms with Crippen molar-refractivity contribution in [1.29, 1.82) is 0 Å². The zero-order valence-corrected chi connectivity index (χ0v) is 11.7. The Labute approximate surface area is 117 Å². The van der Waals surface area contributed by atoms with E-state index in [1.165, 1.54) is 12.3 Å². The monoisotopic (exact) mass is 276 g/mol. The molecular formula is C15H17FN2O2. The lowest BCUT2D eigenvalue weighted by atomic mass is 10.0. The van der Waals surface area contributed by atoms with Crippen LogP contribution in [-0.2, 0) is 0 Å². The summed E-state index contributed by atoms with van der Waals surface area (Å²) >= 11 is 0. The lowest BCUT2D eigenvalue weighted by Gasteiger charge is -2.19. The van der Waals surface area contributed by atoms with Gasteiger partial charge in [-0.1, -0.05) is 0 Å². The van der Waals surface area contributed by atoms with Gasteiger partial charge in [0.05, 0.1) is 32.2 Å². The maximum atomic E-state index is 13.0. The molecule has 0 bridgehead atoms. The lowest BCUT2D eigenvalue weighted by molar-refractivity contribution is 0.388. The molecule has 0 aliphatic heterocycles. The first kappa shape index (κ1) is 14.3. The van der Waals surface area contributed by atoms with E-state index in [1.807, 2.05) is 25.2 Å². The Kier molecular flexibility index (Phi) is 4.53. The fraction of sp³-hybridized carbons (Fsp3) is 0.267. The maximum Gasteiger partial charge on any atom is 0.141 e. The third-order valence-electron chi connectivity index (χ3n) is 3.09. The highest BCUT2D eigenvalue weighted by molar-refractivity contribution is 5.45. The van der Waals surface area contributed by atoms with Gasteiger partial charge in [-0.25, -0.2) is 4.39 Å². The van der Waals surface area contributed by atoms with E-state index in [4.69, 9.17) is 9.47 Å². The predicted molar refractivity (Wildman–Crippen MR) is 74.6 cm³/mol. The van der Waals surface area contributed by atoms with Crippen LogP contribution in [0.25, 0.3) is 0 Å². The van der Waals surface area contributed by atoms with Crippen LogP contribution >= 0.6 is 0 Å². The number of nitrogens with one attached hydrogen (secondary N) is 1. The van der Waals surface area contributed by atoms with Crippen LogP contribution in [0.5, 0.6) is 11.5 Å². The first-order valence-electron chi connectivity index (χ1n) is 6.20. The number of pyridine rings is 1. The summed E-state index contributed by atoms with van der Waals surface area (Å²) < 4.78 is 23.6. The molecular weight excluding hydrogens is 259 g/mol. The van der Waals surface area contributed by atoms with E-state index in [9.17, 15) is 4.39 Å². The van der Waals surface area contributed by atoms with Crippen molar-refractivity contribution >= 4 is 0 Å². The first-order valence-corrected chi connectivity index (χ1v) is 6.20. The predicted octanol–water partition coefficient (Wildman–Crippen LogP) is 2.55. The van der Waals surface area contributed by atoms with E-state index < -0.39 is 0 Å². The Morgan fingerprint density at radius 2 is 1.95 bits per heavy atom. The highest BCUT2D eigenvalue weighted by Crippen LogP contribution is 2.32. The van der Waals surface area contributed by atoms with Gasteiger partial charge in [0.25, 0.3) is 0 Å². The molecule has 0 aliphatic carbocycles. The van der Waals surface area contributed by atoms with Crippen molar-refractivity contribution in [2.24, 2.45) is 0 Å². The molecule has 0 aliphatic rings. The molecule has 0 saturated carbocycles. The number of methoxy groups -OCH3 is 2. The summed E-state index contributed by atoms with van der Waals surface area (Å²) in [6.45, 7) is 0. The lowest BCUT2D eigenvalue weighted by Crippen LogP contribution is -2.19. The van der Waals surface area contributed by atoms with Crippen LogP contribution in [0.2, 0.25) is 0 Å². The average molecular weight is 276 g/mol. The van der Waals surface area contributed by atoms with Crippen LogP contribution in [0.15, 0.2) is 36.5 Å². The summed E-state index contributed by atoms with van der Waals surface area (Å²) in [5.41, 5.74) is 1.63. The van der Waals surface area contributed by atoms with Crippen molar-refractivity contribution in [1.82, 2.24) is 10.3 Å². The third kappa shape index (κ3) is 2.88. The normalized spacial score (nSPS) is 12.0. The quantitative estimate of drug-likeness (QED) is 0.911. The van der Waals surface area contributed by atoms with Gasteiger partial charge in [0, 0.05) is 11.6 Å². The Morgan fingerprint density at radius 1 is 1.15 bits per heavy atom. The van der Waals surface area contributed by atoms with Crippen molar-refractivity contribution in [2.45, 2.75) is 6.04 Å². The van der Waals surface area contributed by atoms with E-state index in [0.29, 0.717) is 11.5 Å². The zero-order chi connectivity index (χ0) is 14.5. The molecule has 1 atom stereocenters. The fourth-order valence-electron chi connectivity index (χ4n) is 2.08. The Balaban J connectivity index is 2.43. The Hall–Kier alpha value is -2.14. The molecule has 1 aromatic carbocycles. The molecule has 1 N–H and O–H groups in total. The Bertz CT molecular complexity index is 573. The number of halogens is 1. The zero-order valence-electron chi connectivity index (χ0n) is 11.7. The topological polar surface area (TPSA) is 43.4 Å². The van der Waals surface area contributed by atoms with E-state index >= 15 is 0 Å². The molecule has 0 fully saturated rings. The molecule has 20 heavy (non-hydrogen) atoms. The number of hydrogen-bond donors (Lipinski definition) is 1. The van der Waals surface area contributed by atoms with Gasteiger partial charge in [-0.2, -0.15) is 0 Å². The molecule has 0 spiro atoms. The molecule has 4 nitrogen and oxygen atoms in total. The van der Waals surface area contributed by atoms with Crippen LogP contribution in [-0.4, -0.2) is 26.3 Å². The molecule has 1 unspecified atom stereocenters. The summed E-state index contributed by atoms with van der Waals surface area (Å²) in [5.74, 6) is 1.05. The minimum absolute atomic E-state index is 0.184. The second-order valence-electron chi connectivity index (χ2n) is 4.23. The number of aromatic nitrogens is 1. The second-order valence-corrected chi connectivity index (χ2v) is 4.23. The van der Waals surface area contributed by atoms with Crippen molar-refractivity contribution in [2.75, 3.05) is 21.3 Å². The van der Waals surface area contributed by atoms with E-state index in [1.54, 1.807) is 20.3 Å². The summed E-state index contributed by atoms with van der Waals surface area (Å²) in [7, 11) is 5.02. The van der Waals surface area contributed by atoms with Crippen molar-refractivity contribution < 1.29 is 13.9 Å². The highest BCUT2D eigenvalue weighted by Gasteiger charge is 2.18. The number of ether oxygens (including phenoxy) is 2. The minimum Gasteiger partial charge on any atom is -0.497 e. The van der Waals surface area contributed by atoms with Crippen molar-refractivity contribution in [3.63, 3.8) is 0 Å². The SMILES string of the molecule is CNC(c1ccc(F)cn1)c1ccc(OC)cc1OC. The molecule has 2 aromatic rings. The summed E-state index contributed by atoms with van der Waals surface area (Å²) in [6.07, 6.45) is 1.20. The average Bonchev–Trinajstić information content (AvgIpc) is 2.50. The van der Waals surface area contributed by atoms with Crippen LogP contribution in [0.1, 0.15) is 17.3 Å². The molecule has 5 heteroatoms. The van der Waals surface area contributed by atoms with Gasteiger partial charge in [0.15, 0.2) is 0 Å². The number of rotatable bonds is 5. The molecule has 2 rings (SSSR count). The van der Waals surface area contributed by atoms with E-state index in [0.717, 1.165) is 11.3 Å². The fourth-order valence-corrected chi connectivity index (χ4v) is 2.08. The maximum absolute atomic E-state index is 13.0. The summed E-state index contributed by atoms with van der Waals surface area (Å²) in [5, 5.41) is 3.16. The first-order chi connectivity index (χ1) is 9.69. The minimum atomic E-state index is -0.356.